The number of hydrogen-bond acceptors (Lipinski definition) is 3. The monoisotopic (exact) mass is 348 g/mol. The maximum absolute atomic E-state index is 12.7. The van der Waals surface area contributed by atoms with Gasteiger partial charge in [0, 0.05) is 26.2 Å². The van der Waals surface area contributed by atoms with Crippen LogP contribution in [0, 0.1) is 0 Å². The Kier molecular flexibility index (Phi) is 4.44. The lowest BCUT2D eigenvalue weighted by molar-refractivity contribution is -0.131. The second kappa shape index (κ2) is 7.04. The van der Waals surface area contributed by atoms with Crippen molar-refractivity contribution >= 4 is 22.6 Å². The van der Waals surface area contributed by atoms with Gasteiger partial charge in [-0.3, -0.25) is 9.59 Å². The number of carbonyl (C=O) groups is 2. The minimum Gasteiger partial charge on any atom is -0.459 e. The number of piperazine rings is 1. The molecule has 0 saturated carbocycles. The smallest absolute Gasteiger partial charge is 0.289 e. The lowest BCUT2D eigenvalue weighted by atomic mass is 10.0. The molecule has 0 spiro atoms. The molecule has 4 rings (SSSR count). The van der Waals surface area contributed by atoms with Crippen LogP contribution in [0.15, 0.2) is 65.3 Å². The minimum atomic E-state index is -0.115. The highest BCUT2D eigenvalue weighted by atomic mass is 16.3. The van der Waals surface area contributed by atoms with Gasteiger partial charge in [0.25, 0.3) is 5.91 Å². The van der Waals surface area contributed by atoms with Crippen LogP contribution in [0.4, 0.5) is 0 Å². The fourth-order valence-electron chi connectivity index (χ4n) is 3.44. The average Bonchev–Trinajstić information content (AvgIpc) is 3.23. The number of nitrogens with zero attached hydrogens (tertiary/aromatic N) is 2. The van der Waals surface area contributed by atoms with Gasteiger partial charge in [-0.05, 0) is 28.5 Å². The van der Waals surface area contributed by atoms with Crippen LogP contribution in [-0.4, -0.2) is 47.8 Å². The first-order chi connectivity index (χ1) is 12.7. The summed E-state index contributed by atoms with van der Waals surface area (Å²) < 4.78 is 5.17. The summed E-state index contributed by atoms with van der Waals surface area (Å²) in [6.07, 6.45) is 1.88. The van der Waals surface area contributed by atoms with Crippen LogP contribution in [0.3, 0.4) is 0 Å². The van der Waals surface area contributed by atoms with Crippen LogP contribution in [0.5, 0.6) is 0 Å². The van der Waals surface area contributed by atoms with Crippen molar-refractivity contribution in [1.82, 2.24) is 9.80 Å². The van der Waals surface area contributed by atoms with Gasteiger partial charge in [-0.25, -0.2) is 0 Å². The quantitative estimate of drug-likeness (QED) is 0.731. The summed E-state index contributed by atoms with van der Waals surface area (Å²) >= 11 is 0. The molecule has 1 aliphatic rings. The van der Waals surface area contributed by atoms with E-state index >= 15 is 0 Å². The minimum absolute atomic E-state index is 0.103. The first-order valence-electron chi connectivity index (χ1n) is 8.79. The van der Waals surface area contributed by atoms with Crippen LogP contribution in [-0.2, 0) is 11.2 Å². The maximum atomic E-state index is 12.7. The molecule has 1 fully saturated rings. The molecule has 1 aliphatic heterocycles. The number of benzene rings is 2. The first-order valence-corrected chi connectivity index (χ1v) is 8.79. The van der Waals surface area contributed by atoms with Gasteiger partial charge in [0.1, 0.15) is 0 Å². The Morgan fingerprint density at radius 1 is 0.846 bits per heavy atom. The SMILES string of the molecule is O=C(Cc1cccc2ccccc12)N1CCN(C(=O)c2ccco2)CC1. The summed E-state index contributed by atoms with van der Waals surface area (Å²) in [7, 11) is 0. The summed E-state index contributed by atoms with van der Waals surface area (Å²) in [4.78, 5) is 28.6. The van der Waals surface area contributed by atoms with Crippen LogP contribution in [0.1, 0.15) is 16.1 Å². The van der Waals surface area contributed by atoms with Gasteiger partial charge in [-0.15, -0.1) is 0 Å². The summed E-state index contributed by atoms with van der Waals surface area (Å²) in [5, 5.41) is 2.27. The van der Waals surface area contributed by atoms with Crippen LogP contribution >= 0.6 is 0 Å². The molecule has 1 saturated heterocycles. The van der Waals surface area contributed by atoms with Gasteiger partial charge < -0.3 is 14.2 Å². The molecule has 1 aromatic heterocycles. The Balaban J connectivity index is 1.40. The molecule has 2 amide bonds. The van der Waals surface area contributed by atoms with E-state index in [1.54, 1.807) is 17.0 Å². The molecule has 2 heterocycles. The molecule has 0 aliphatic carbocycles. The van der Waals surface area contributed by atoms with E-state index in [4.69, 9.17) is 4.42 Å². The molecular weight excluding hydrogens is 328 g/mol. The van der Waals surface area contributed by atoms with E-state index < -0.39 is 0 Å². The normalized spacial score (nSPS) is 14.6. The van der Waals surface area contributed by atoms with Crippen molar-refractivity contribution in [3.8, 4) is 0 Å². The average molecular weight is 348 g/mol. The van der Waals surface area contributed by atoms with Crippen LogP contribution < -0.4 is 0 Å². The summed E-state index contributed by atoms with van der Waals surface area (Å²) in [5.41, 5.74) is 1.04. The molecule has 3 aromatic rings. The van der Waals surface area contributed by atoms with E-state index in [1.807, 2.05) is 29.2 Å². The van der Waals surface area contributed by atoms with E-state index in [2.05, 4.69) is 18.2 Å². The second-order valence-corrected chi connectivity index (χ2v) is 6.47. The van der Waals surface area contributed by atoms with E-state index in [1.165, 1.54) is 6.26 Å². The second-order valence-electron chi connectivity index (χ2n) is 6.47. The number of amides is 2. The Morgan fingerprint density at radius 3 is 2.35 bits per heavy atom. The highest BCUT2D eigenvalue weighted by Gasteiger charge is 2.26. The molecule has 0 bridgehead atoms. The zero-order valence-corrected chi connectivity index (χ0v) is 14.4. The Labute approximate surface area is 151 Å². The summed E-state index contributed by atoms with van der Waals surface area (Å²) in [5.74, 6) is 0.336. The van der Waals surface area contributed by atoms with Gasteiger partial charge in [-0.1, -0.05) is 42.5 Å². The van der Waals surface area contributed by atoms with Crippen molar-refractivity contribution in [2.75, 3.05) is 26.2 Å². The molecule has 0 atom stereocenters. The zero-order valence-electron chi connectivity index (χ0n) is 14.4. The summed E-state index contributed by atoms with van der Waals surface area (Å²) in [6.45, 7) is 2.16. The van der Waals surface area contributed by atoms with Crippen LogP contribution in [0.2, 0.25) is 0 Å². The third kappa shape index (κ3) is 3.20. The Bertz CT molecular complexity index is 920. The topological polar surface area (TPSA) is 53.8 Å². The predicted molar refractivity (Wildman–Crippen MR) is 98.8 cm³/mol. The first kappa shape index (κ1) is 16.4. The van der Waals surface area contributed by atoms with E-state index in [9.17, 15) is 9.59 Å². The van der Waals surface area contributed by atoms with E-state index in [-0.39, 0.29) is 11.8 Å². The van der Waals surface area contributed by atoms with Crippen molar-refractivity contribution < 1.29 is 14.0 Å². The molecule has 0 unspecified atom stereocenters. The van der Waals surface area contributed by atoms with E-state index in [0.717, 1.165) is 16.3 Å². The largest absolute Gasteiger partial charge is 0.459 e. The highest BCUT2D eigenvalue weighted by Crippen LogP contribution is 2.20. The molecule has 0 radical (unpaired) electrons. The van der Waals surface area contributed by atoms with Crippen molar-refractivity contribution in [1.29, 1.82) is 0 Å². The number of furan rings is 1. The molecule has 5 heteroatoms. The molecule has 132 valence electrons. The van der Waals surface area contributed by atoms with Crippen molar-refractivity contribution in [3.05, 3.63) is 72.2 Å². The third-order valence-corrected chi connectivity index (χ3v) is 4.87. The predicted octanol–water partition coefficient (Wildman–Crippen LogP) is 2.96. The molecule has 5 nitrogen and oxygen atoms in total. The standard InChI is InChI=1S/C21H20N2O3/c24-20(15-17-7-3-6-16-5-1-2-8-18(16)17)22-10-12-23(13-11-22)21(25)19-9-4-14-26-19/h1-9,14H,10-13,15H2. The Hall–Kier alpha value is -3.08. The lowest BCUT2D eigenvalue weighted by Crippen LogP contribution is -2.50. The highest BCUT2D eigenvalue weighted by molar-refractivity contribution is 5.92. The zero-order chi connectivity index (χ0) is 17.9. The number of fused-ring (bicyclic) bond motifs is 1. The van der Waals surface area contributed by atoms with Gasteiger partial charge >= 0.3 is 0 Å². The molecule has 26 heavy (non-hydrogen) atoms. The number of carbonyl (C=O) groups excluding carboxylic acids is 2. The molecule has 2 aromatic carbocycles. The molecule has 0 N–H and O–H groups in total. The number of hydrogen-bond donors (Lipinski definition) is 0. The van der Waals surface area contributed by atoms with Gasteiger partial charge in [0.05, 0.1) is 12.7 Å². The van der Waals surface area contributed by atoms with Crippen molar-refractivity contribution in [2.24, 2.45) is 0 Å². The lowest BCUT2D eigenvalue weighted by Gasteiger charge is -2.34. The van der Waals surface area contributed by atoms with Crippen LogP contribution in [0.25, 0.3) is 10.8 Å². The number of rotatable bonds is 3. The third-order valence-electron chi connectivity index (χ3n) is 4.87. The van der Waals surface area contributed by atoms with E-state index in [0.29, 0.717) is 38.4 Å². The van der Waals surface area contributed by atoms with Gasteiger partial charge in [-0.2, -0.15) is 0 Å². The summed E-state index contributed by atoms with van der Waals surface area (Å²) in [6, 6.07) is 17.5. The fourth-order valence-corrected chi connectivity index (χ4v) is 3.44. The van der Waals surface area contributed by atoms with Gasteiger partial charge in [0.15, 0.2) is 5.76 Å². The van der Waals surface area contributed by atoms with Crippen molar-refractivity contribution in [3.63, 3.8) is 0 Å². The van der Waals surface area contributed by atoms with Crippen molar-refractivity contribution in [2.45, 2.75) is 6.42 Å². The fraction of sp³-hybridized carbons (Fsp3) is 0.238. The molecular formula is C21H20N2O3. The maximum Gasteiger partial charge on any atom is 0.289 e. The Morgan fingerprint density at radius 2 is 1.58 bits per heavy atom. The van der Waals surface area contributed by atoms with Gasteiger partial charge in [0.2, 0.25) is 5.91 Å².